The van der Waals surface area contributed by atoms with Crippen molar-refractivity contribution in [1.29, 1.82) is 0 Å². The molecule has 1 rings (SSSR count). The monoisotopic (exact) mass is 390 g/mol. The van der Waals surface area contributed by atoms with Crippen LogP contribution >= 0.6 is 0 Å². The molecular formula is C18H22N4O6. The van der Waals surface area contributed by atoms with E-state index in [1.165, 1.54) is 12.1 Å². The molecule has 0 aromatic heterocycles. The van der Waals surface area contributed by atoms with Crippen molar-refractivity contribution >= 4 is 29.7 Å². The Morgan fingerprint density at radius 2 is 1.68 bits per heavy atom. The minimum Gasteiger partial charge on any atom is -0.443 e. The van der Waals surface area contributed by atoms with Gasteiger partial charge in [-0.3, -0.25) is 24.5 Å². The second-order valence-electron chi connectivity index (χ2n) is 6.52. The highest BCUT2D eigenvalue weighted by Gasteiger charge is 2.21. The molecule has 0 heterocycles. The van der Waals surface area contributed by atoms with E-state index >= 15 is 0 Å². The largest absolute Gasteiger partial charge is 0.443 e. The number of hydrogen-bond donors (Lipinski definition) is 3. The Balaban J connectivity index is 2.72. The van der Waals surface area contributed by atoms with Crippen molar-refractivity contribution in [3.63, 3.8) is 0 Å². The lowest BCUT2D eigenvalue weighted by Crippen LogP contribution is -2.50. The lowest BCUT2D eigenvalue weighted by Gasteiger charge is -2.24. The molecule has 0 bridgehead atoms. The lowest BCUT2D eigenvalue weighted by molar-refractivity contribution is -0.134. The SMILES string of the molecule is CC(C)(C)OC(=O)NN(CC(N)=O)C(=O)/C=C/C(=O)NC(=O)c1ccccc1. The number of ether oxygens (including phenoxy) is 1. The molecule has 5 amide bonds. The summed E-state index contributed by atoms with van der Waals surface area (Å²) in [7, 11) is 0. The van der Waals surface area contributed by atoms with Crippen LogP contribution in [0.15, 0.2) is 42.5 Å². The third-order valence-corrected chi connectivity index (χ3v) is 2.86. The van der Waals surface area contributed by atoms with E-state index in [2.05, 4.69) is 10.7 Å². The number of nitrogens with two attached hydrogens (primary N) is 1. The second-order valence-corrected chi connectivity index (χ2v) is 6.52. The van der Waals surface area contributed by atoms with Crippen LogP contribution in [0.3, 0.4) is 0 Å². The molecule has 0 aliphatic carbocycles. The van der Waals surface area contributed by atoms with E-state index in [1.807, 2.05) is 0 Å². The van der Waals surface area contributed by atoms with Crippen molar-refractivity contribution in [1.82, 2.24) is 15.8 Å². The first-order valence-corrected chi connectivity index (χ1v) is 8.16. The molecule has 4 N–H and O–H groups in total. The third-order valence-electron chi connectivity index (χ3n) is 2.86. The summed E-state index contributed by atoms with van der Waals surface area (Å²) in [6.07, 6.45) is 0.571. The van der Waals surface area contributed by atoms with Crippen LogP contribution in [-0.2, 0) is 19.1 Å². The molecular weight excluding hydrogens is 368 g/mol. The second kappa shape index (κ2) is 9.86. The summed E-state index contributed by atoms with van der Waals surface area (Å²) < 4.78 is 4.98. The zero-order chi connectivity index (χ0) is 21.3. The molecule has 0 unspecified atom stereocenters. The van der Waals surface area contributed by atoms with Crippen molar-refractivity contribution in [3.8, 4) is 0 Å². The van der Waals surface area contributed by atoms with Crippen molar-refractivity contribution in [3.05, 3.63) is 48.0 Å². The molecule has 0 aliphatic heterocycles. The van der Waals surface area contributed by atoms with Crippen LogP contribution in [0.5, 0.6) is 0 Å². The van der Waals surface area contributed by atoms with Crippen LogP contribution < -0.4 is 16.5 Å². The average molecular weight is 390 g/mol. The normalized spacial score (nSPS) is 10.8. The molecule has 0 saturated carbocycles. The van der Waals surface area contributed by atoms with E-state index in [0.29, 0.717) is 5.01 Å². The predicted octanol–water partition coefficient (Wildman–Crippen LogP) is 0.253. The van der Waals surface area contributed by atoms with Gasteiger partial charge in [-0.15, -0.1) is 0 Å². The zero-order valence-electron chi connectivity index (χ0n) is 15.7. The molecule has 0 radical (unpaired) electrons. The fraction of sp³-hybridized carbons (Fsp3) is 0.278. The molecule has 1 aromatic carbocycles. The average Bonchev–Trinajstić information content (AvgIpc) is 2.57. The molecule has 28 heavy (non-hydrogen) atoms. The zero-order valence-corrected chi connectivity index (χ0v) is 15.7. The molecule has 0 atom stereocenters. The Morgan fingerprint density at radius 1 is 1.07 bits per heavy atom. The molecule has 0 fully saturated rings. The predicted molar refractivity (Wildman–Crippen MR) is 98.3 cm³/mol. The number of hydrazine groups is 1. The van der Waals surface area contributed by atoms with Gasteiger partial charge < -0.3 is 10.5 Å². The van der Waals surface area contributed by atoms with Gasteiger partial charge in [-0.25, -0.2) is 15.2 Å². The maximum absolute atomic E-state index is 12.1. The number of benzene rings is 1. The number of carbonyl (C=O) groups is 5. The van der Waals surface area contributed by atoms with Gasteiger partial charge in [0.1, 0.15) is 12.1 Å². The first kappa shape index (κ1) is 22.4. The maximum Gasteiger partial charge on any atom is 0.426 e. The van der Waals surface area contributed by atoms with E-state index in [-0.39, 0.29) is 5.56 Å². The number of amides is 5. The number of nitrogens with one attached hydrogen (secondary N) is 2. The molecule has 10 heteroatoms. The summed E-state index contributed by atoms with van der Waals surface area (Å²) >= 11 is 0. The topological polar surface area (TPSA) is 148 Å². The standard InChI is InChI=1S/C18H22N4O6/c1-18(2,3)28-17(27)21-22(11-13(19)23)15(25)10-9-14(24)20-16(26)12-7-5-4-6-8-12/h4-10H,11H2,1-3H3,(H2,19,23)(H,21,27)(H,20,24,26)/b10-9+. The number of hydrogen-bond acceptors (Lipinski definition) is 6. The highest BCUT2D eigenvalue weighted by Crippen LogP contribution is 2.06. The van der Waals surface area contributed by atoms with Crippen LogP contribution in [-0.4, -0.2) is 46.9 Å². The Morgan fingerprint density at radius 3 is 2.21 bits per heavy atom. The summed E-state index contributed by atoms with van der Waals surface area (Å²) in [5.41, 5.74) is 6.54. The Kier molecular flexibility index (Phi) is 7.87. The van der Waals surface area contributed by atoms with Gasteiger partial charge in [-0.1, -0.05) is 18.2 Å². The van der Waals surface area contributed by atoms with E-state index in [9.17, 15) is 24.0 Å². The van der Waals surface area contributed by atoms with Crippen molar-refractivity contribution in [2.75, 3.05) is 6.54 Å². The van der Waals surface area contributed by atoms with Gasteiger partial charge in [0.15, 0.2) is 0 Å². The fourth-order valence-corrected chi connectivity index (χ4v) is 1.79. The van der Waals surface area contributed by atoms with Crippen molar-refractivity contribution < 1.29 is 28.7 Å². The van der Waals surface area contributed by atoms with E-state index in [1.54, 1.807) is 39.0 Å². The maximum atomic E-state index is 12.1. The fourth-order valence-electron chi connectivity index (χ4n) is 1.79. The van der Waals surface area contributed by atoms with Crippen LogP contribution in [0.1, 0.15) is 31.1 Å². The quantitative estimate of drug-likeness (QED) is 0.485. The minimum absolute atomic E-state index is 0.262. The van der Waals surface area contributed by atoms with E-state index < -0.39 is 41.9 Å². The molecule has 1 aromatic rings. The van der Waals surface area contributed by atoms with Gasteiger partial charge >= 0.3 is 6.09 Å². The summed E-state index contributed by atoms with van der Waals surface area (Å²) in [6, 6.07) is 7.99. The molecule has 0 spiro atoms. The third kappa shape index (κ3) is 8.61. The number of rotatable bonds is 5. The van der Waals surface area contributed by atoms with Crippen LogP contribution in [0.25, 0.3) is 0 Å². The molecule has 10 nitrogen and oxygen atoms in total. The van der Waals surface area contributed by atoms with Crippen molar-refractivity contribution in [2.45, 2.75) is 26.4 Å². The highest BCUT2D eigenvalue weighted by atomic mass is 16.6. The summed E-state index contributed by atoms with van der Waals surface area (Å²) in [4.78, 5) is 58.7. The summed E-state index contributed by atoms with van der Waals surface area (Å²) in [5.74, 6) is -3.34. The lowest BCUT2D eigenvalue weighted by atomic mass is 10.2. The van der Waals surface area contributed by atoms with Crippen LogP contribution in [0, 0.1) is 0 Å². The Bertz CT molecular complexity index is 783. The van der Waals surface area contributed by atoms with E-state index in [0.717, 1.165) is 12.2 Å². The smallest absolute Gasteiger partial charge is 0.426 e. The Labute approximate surface area is 161 Å². The highest BCUT2D eigenvalue weighted by molar-refractivity contribution is 6.09. The van der Waals surface area contributed by atoms with Gasteiger partial charge in [-0.05, 0) is 32.9 Å². The van der Waals surface area contributed by atoms with Crippen molar-refractivity contribution in [2.24, 2.45) is 5.73 Å². The minimum atomic E-state index is -0.987. The van der Waals surface area contributed by atoms with Gasteiger partial charge in [0.25, 0.3) is 17.7 Å². The van der Waals surface area contributed by atoms with Gasteiger partial charge in [0, 0.05) is 17.7 Å². The number of primary amides is 1. The number of nitrogens with zero attached hydrogens (tertiary/aromatic N) is 1. The first-order chi connectivity index (χ1) is 13.0. The Hall–Kier alpha value is -3.69. The summed E-state index contributed by atoms with van der Waals surface area (Å²) in [6.45, 7) is 4.19. The van der Waals surface area contributed by atoms with Crippen LogP contribution in [0.2, 0.25) is 0 Å². The van der Waals surface area contributed by atoms with Gasteiger partial charge in [0.2, 0.25) is 5.91 Å². The number of carbonyl (C=O) groups excluding carboxylic acids is 5. The molecule has 150 valence electrons. The molecule has 0 saturated heterocycles. The molecule has 0 aliphatic rings. The first-order valence-electron chi connectivity index (χ1n) is 8.16. The van der Waals surface area contributed by atoms with E-state index in [4.69, 9.17) is 10.5 Å². The van der Waals surface area contributed by atoms with Gasteiger partial charge in [0.05, 0.1) is 0 Å². The summed E-state index contributed by atoms with van der Waals surface area (Å²) in [5, 5.41) is 2.65. The van der Waals surface area contributed by atoms with Gasteiger partial charge in [-0.2, -0.15) is 0 Å². The number of imide groups is 1. The van der Waals surface area contributed by atoms with Crippen LogP contribution in [0.4, 0.5) is 4.79 Å².